The highest BCUT2D eigenvalue weighted by molar-refractivity contribution is 6.09. The Morgan fingerprint density at radius 1 is 1.29 bits per heavy atom. The van der Waals surface area contributed by atoms with E-state index in [2.05, 4.69) is 24.5 Å². The van der Waals surface area contributed by atoms with Crippen LogP contribution in [0.4, 0.5) is 4.79 Å². The van der Waals surface area contributed by atoms with E-state index in [4.69, 9.17) is 4.74 Å². The number of hydrogen-bond donors (Lipinski definition) is 2. The number of benzene rings is 1. The Morgan fingerprint density at radius 3 is 2.89 bits per heavy atom. The maximum absolute atomic E-state index is 13.2. The molecule has 2 fully saturated rings. The Hall–Kier alpha value is -2.57. The molecule has 7 heteroatoms. The zero-order chi connectivity index (χ0) is 19.9. The normalized spacial score (nSPS) is 31.9. The van der Waals surface area contributed by atoms with Crippen molar-refractivity contribution in [1.29, 1.82) is 0 Å². The molecule has 1 aliphatic carbocycles. The Bertz CT molecular complexity index is 811. The molecule has 4 amide bonds. The predicted molar refractivity (Wildman–Crippen MR) is 103 cm³/mol. The first-order valence-corrected chi connectivity index (χ1v) is 10.1. The number of amides is 4. The summed E-state index contributed by atoms with van der Waals surface area (Å²) in [5, 5.41) is 5.87. The highest BCUT2D eigenvalue weighted by atomic mass is 16.5. The molecule has 2 heterocycles. The predicted octanol–water partition coefficient (Wildman–Crippen LogP) is 2.16. The fourth-order valence-electron chi connectivity index (χ4n) is 4.70. The molecule has 4 atom stereocenters. The Morgan fingerprint density at radius 2 is 2.07 bits per heavy atom. The molecular formula is C21H27N3O4. The van der Waals surface area contributed by atoms with E-state index < -0.39 is 11.6 Å². The van der Waals surface area contributed by atoms with Gasteiger partial charge < -0.3 is 15.4 Å². The van der Waals surface area contributed by atoms with Crippen molar-refractivity contribution >= 4 is 17.8 Å². The zero-order valence-corrected chi connectivity index (χ0v) is 16.4. The Labute approximate surface area is 164 Å². The van der Waals surface area contributed by atoms with Crippen molar-refractivity contribution in [2.24, 2.45) is 11.8 Å². The first-order valence-electron chi connectivity index (χ1n) is 10.1. The Kier molecular flexibility index (Phi) is 4.77. The first-order chi connectivity index (χ1) is 13.4. The number of carbonyl (C=O) groups is 3. The van der Waals surface area contributed by atoms with Crippen molar-refractivity contribution in [2.45, 2.75) is 51.1 Å². The average molecular weight is 385 g/mol. The van der Waals surface area contributed by atoms with Crippen LogP contribution in [-0.2, 0) is 15.1 Å². The van der Waals surface area contributed by atoms with Crippen molar-refractivity contribution in [3.8, 4) is 5.75 Å². The van der Waals surface area contributed by atoms with Crippen LogP contribution < -0.4 is 15.4 Å². The first kappa shape index (κ1) is 18.8. The van der Waals surface area contributed by atoms with Gasteiger partial charge >= 0.3 is 6.03 Å². The van der Waals surface area contributed by atoms with Crippen molar-refractivity contribution in [1.82, 2.24) is 15.5 Å². The van der Waals surface area contributed by atoms with Crippen LogP contribution in [0.25, 0.3) is 0 Å². The minimum atomic E-state index is -1.14. The maximum Gasteiger partial charge on any atom is 0.325 e. The molecule has 28 heavy (non-hydrogen) atoms. The minimum absolute atomic E-state index is 0.0924. The molecule has 1 aromatic rings. The molecule has 0 unspecified atom stereocenters. The van der Waals surface area contributed by atoms with E-state index in [1.54, 1.807) is 12.1 Å². The lowest BCUT2D eigenvalue weighted by atomic mass is 9.78. The number of nitrogens with zero attached hydrogens (tertiary/aromatic N) is 1. The lowest BCUT2D eigenvalue weighted by molar-refractivity contribution is -0.136. The molecule has 1 saturated heterocycles. The standard InChI is InChI=1S/C21H27N3O4/c1-13-6-5-8-16(14(13)2)22-18(25)12-24-19(26)21(23-20(24)27)10-11-28-17-9-4-3-7-15(17)21/h3-4,7,9,13-14,16H,5-6,8,10-12H2,1-2H3,(H,22,25)(H,23,27)/t13-,14-,16-,21-/m1/s1. The number of hydrogen-bond acceptors (Lipinski definition) is 4. The third-order valence-corrected chi connectivity index (χ3v) is 6.61. The summed E-state index contributed by atoms with van der Waals surface area (Å²) < 4.78 is 5.63. The van der Waals surface area contributed by atoms with E-state index in [1.807, 2.05) is 12.1 Å². The number of urea groups is 1. The molecule has 2 N–H and O–H groups in total. The fraction of sp³-hybridized carbons (Fsp3) is 0.571. The molecule has 1 aromatic carbocycles. The molecule has 2 aliphatic heterocycles. The van der Waals surface area contributed by atoms with Crippen molar-refractivity contribution < 1.29 is 19.1 Å². The molecule has 0 radical (unpaired) electrons. The summed E-state index contributed by atoms with van der Waals surface area (Å²) in [5.41, 5.74) is -0.490. The second-order valence-electron chi connectivity index (χ2n) is 8.26. The largest absolute Gasteiger partial charge is 0.493 e. The molecule has 0 bridgehead atoms. The zero-order valence-electron chi connectivity index (χ0n) is 16.4. The van der Waals surface area contributed by atoms with Gasteiger partial charge in [0.05, 0.1) is 6.61 Å². The third-order valence-electron chi connectivity index (χ3n) is 6.61. The summed E-state index contributed by atoms with van der Waals surface area (Å²) >= 11 is 0. The van der Waals surface area contributed by atoms with E-state index in [1.165, 1.54) is 6.42 Å². The Balaban J connectivity index is 1.49. The lowest BCUT2D eigenvalue weighted by Gasteiger charge is -2.35. The quantitative estimate of drug-likeness (QED) is 0.781. The number of para-hydroxylation sites is 1. The average Bonchev–Trinajstić information content (AvgIpc) is 2.91. The van der Waals surface area contributed by atoms with Gasteiger partial charge in [-0.3, -0.25) is 14.5 Å². The van der Waals surface area contributed by atoms with Crippen LogP contribution in [0.1, 0.15) is 45.1 Å². The summed E-state index contributed by atoms with van der Waals surface area (Å²) in [7, 11) is 0. The molecule has 4 rings (SSSR count). The van der Waals surface area contributed by atoms with Gasteiger partial charge in [0.25, 0.3) is 5.91 Å². The number of fused-ring (bicyclic) bond motifs is 2. The number of nitrogens with one attached hydrogen (secondary N) is 2. The van der Waals surface area contributed by atoms with Crippen LogP contribution in [0, 0.1) is 11.8 Å². The molecule has 3 aliphatic rings. The molecule has 1 spiro atoms. The topological polar surface area (TPSA) is 87.7 Å². The van der Waals surface area contributed by atoms with E-state index in [0.29, 0.717) is 36.2 Å². The van der Waals surface area contributed by atoms with Crippen LogP contribution in [0.2, 0.25) is 0 Å². The fourth-order valence-corrected chi connectivity index (χ4v) is 4.70. The van der Waals surface area contributed by atoms with Crippen LogP contribution in [0.5, 0.6) is 5.75 Å². The van der Waals surface area contributed by atoms with Gasteiger partial charge in [-0.1, -0.05) is 44.9 Å². The second-order valence-corrected chi connectivity index (χ2v) is 8.26. The SMILES string of the molecule is C[C@@H]1[C@H](C)CCC[C@H]1NC(=O)CN1C(=O)N[C@@]2(CCOc3ccccc32)C1=O. The monoisotopic (exact) mass is 385 g/mol. The summed E-state index contributed by atoms with van der Waals surface area (Å²) in [5.74, 6) is 0.867. The minimum Gasteiger partial charge on any atom is -0.493 e. The van der Waals surface area contributed by atoms with Gasteiger partial charge in [0.2, 0.25) is 5.91 Å². The maximum atomic E-state index is 13.2. The lowest BCUT2D eigenvalue weighted by Crippen LogP contribution is -2.50. The molecule has 150 valence electrons. The summed E-state index contributed by atoms with van der Waals surface area (Å²) in [6.07, 6.45) is 3.54. The molecule has 7 nitrogen and oxygen atoms in total. The van der Waals surface area contributed by atoms with Crippen molar-refractivity contribution in [2.75, 3.05) is 13.2 Å². The van der Waals surface area contributed by atoms with Crippen LogP contribution in [-0.4, -0.2) is 41.9 Å². The molecular weight excluding hydrogens is 358 g/mol. The number of ether oxygens (including phenoxy) is 1. The van der Waals surface area contributed by atoms with Gasteiger partial charge in [-0.05, 0) is 24.3 Å². The van der Waals surface area contributed by atoms with Gasteiger partial charge in [0.15, 0.2) is 5.54 Å². The number of rotatable bonds is 3. The van der Waals surface area contributed by atoms with Crippen LogP contribution in [0.3, 0.4) is 0 Å². The van der Waals surface area contributed by atoms with Crippen molar-refractivity contribution in [3.63, 3.8) is 0 Å². The van der Waals surface area contributed by atoms with Crippen LogP contribution in [0.15, 0.2) is 24.3 Å². The number of carbonyl (C=O) groups excluding carboxylic acids is 3. The van der Waals surface area contributed by atoms with Crippen LogP contribution >= 0.6 is 0 Å². The summed E-state index contributed by atoms with van der Waals surface area (Å²) in [6, 6.07) is 6.79. The smallest absolute Gasteiger partial charge is 0.325 e. The highest BCUT2D eigenvalue weighted by Crippen LogP contribution is 2.40. The molecule has 1 saturated carbocycles. The number of imide groups is 1. The van der Waals surface area contributed by atoms with Crippen molar-refractivity contribution in [3.05, 3.63) is 29.8 Å². The van der Waals surface area contributed by atoms with E-state index >= 15 is 0 Å². The van der Waals surface area contributed by atoms with Gasteiger partial charge in [-0.15, -0.1) is 0 Å². The summed E-state index contributed by atoms with van der Waals surface area (Å²) in [4.78, 5) is 39.4. The van der Waals surface area contributed by atoms with Gasteiger partial charge in [-0.25, -0.2) is 4.79 Å². The molecule has 0 aromatic heterocycles. The second kappa shape index (κ2) is 7.11. The van der Waals surface area contributed by atoms with E-state index in [9.17, 15) is 14.4 Å². The van der Waals surface area contributed by atoms with Gasteiger partial charge in [0, 0.05) is 18.0 Å². The van der Waals surface area contributed by atoms with Gasteiger partial charge in [0.1, 0.15) is 12.3 Å². The van der Waals surface area contributed by atoms with E-state index in [-0.39, 0.29) is 24.4 Å². The third kappa shape index (κ3) is 3.02. The van der Waals surface area contributed by atoms with E-state index in [0.717, 1.165) is 17.7 Å². The summed E-state index contributed by atoms with van der Waals surface area (Å²) in [6.45, 7) is 4.43. The highest BCUT2D eigenvalue weighted by Gasteiger charge is 2.55. The van der Waals surface area contributed by atoms with Gasteiger partial charge in [-0.2, -0.15) is 0 Å².